The molecule has 0 amide bonds. The van der Waals surface area contributed by atoms with E-state index in [9.17, 15) is 0 Å². The summed E-state index contributed by atoms with van der Waals surface area (Å²) in [6.45, 7) is 12.1. The quantitative estimate of drug-likeness (QED) is 0.417. The molecule has 0 saturated carbocycles. The number of aliphatic imine (C=N–C) groups is 1. The Labute approximate surface area is 135 Å². The molecule has 1 aromatic heterocycles. The Morgan fingerprint density at radius 3 is 2.64 bits per heavy atom. The molecular weight excluding hydrogens is 276 g/mol. The molecule has 5 heteroatoms. The monoisotopic (exact) mass is 308 g/mol. The number of hydrogen-bond donors (Lipinski definition) is 2. The maximum absolute atomic E-state index is 5.19. The molecule has 0 radical (unpaired) electrons. The van der Waals surface area contributed by atoms with E-state index in [2.05, 4.69) is 41.6 Å². The Bertz CT molecular complexity index is 434. The molecule has 126 valence electrons. The summed E-state index contributed by atoms with van der Waals surface area (Å²) in [6, 6.07) is 0.448. The molecule has 1 unspecified atom stereocenters. The first-order valence-corrected chi connectivity index (χ1v) is 8.55. The Hall–Kier alpha value is -1.52. The van der Waals surface area contributed by atoms with E-state index in [1.807, 2.05) is 13.8 Å². The van der Waals surface area contributed by atoms with Crippen LogP contribution in [0.15, 0.2) is 9.52 Å². The molecule has 1 atom stereocenters. The van der Waals surface area contributed by atoms with E-state index in [1.165, 1.54) is 31.2 Å². The highest BCUT2D eigenvalue weighted by molar-refractivity contribution is 5.80. The Kier molecular flexibility index (Phi) is 8.63. The Balaban J connectivity index is 2.47. The van der Waals surface area contributed by atoms with Gasteiger partial charge in [0.15, 0.2) is 5.96 Å². The molecule has 22 heavy (non-hydrogen) atoms. The number of nitrogens with zero attached hydrogens (tertiary/aromatic N) is 2. The molecule has 0 bridgehead atoms. The van der Waals surface area contributed by atoms with Crippen LogP contribution in [0.1, 0.15) is 63.5 Å². The fourth-order valence-electron chi connectivity index (χ4n) is 2.46. The zero-order chi connectivity index (χ0) is 16.4. The van der Waals surface area contributed by atoms with Gasteiger partial charge in [-0.1, -0.05) is 31.3 Å². The largest absolute Gasteiger partial charge is 0.361 e. The van der Waals surface area contributed by atoms with Crippen LogP contribution in [-0.2, 0) is 6.42 Å². The second-order valence-electron chi connectivity index (χ2n) is 5.85. The van der Waals surface area contributed by atoms with Crippen molar-refractivity contribution in [2.45, 2.75) is 72.8 Å². The molecule has 0 spiro atoms. The number of aromatic nitrogens is 1. The maximum atomic E-state index is 5.19. The van der Waals surface area contributed by atoms with Gasteiger partial charge in [0.25, 0.3) is 0 Å². The van der Waals surface area contributed by atoms with Crippen molar-refractivity contribution >= 4 is 5.96 Å². The van der Waals surface area contributed by atoms with Crippen LogP contribution in [0, 0.1) is 13.8 Å². The van der Waals surface area contributed by atoms with E-state index in [0.717, 1.165) is 36.9 Å². The van der Waals surface area contributed by atoms with Crippen molar-refractivity contribution < 1.29 is 4.52 Å². The molecule has 1 rings (SSSR count). The summed E-state index contributed by atoms with van der Waals surface area (Å²) in [5.74, 6) is 1.80. The zero-order valence-corrected chi connectivity index (χ0v) is 14.8. The lowest BCUT2D eigenvalue weighted by Crippen LogP contribution is -2.42. The van der Waals surface area contributed by atoms with Crippen molar-refractivity contribution in [2.75, 3.05) is 13.1 Å². The molecule has 1 heterocycles. The highest BCUT2D eigenvalue weighted by Gasteiger charge is 2.09. The third-order valence-electron chi connectivity index (χ3n) is 3.78. The highest BCUT2D eigenvalue weighted by atomic mass is 16.5. The SMILES string of the molecule is CCCCCC(C)NC(=NCCc1c(C)noc1C)NCC. The first-order chi connectivity index (χ1) is 10.6. The predicted molar refractivity (Wildman–Crippen MR) is 92.4 cm³/mol. The molecule has 5 nitrogen and oxygen atoms in total. The zero-order valence-electron chi connectivity index (χ0n) is 14.8. The van der Waals surface area contributed by atoms with Crippen LogP contribution in [0.4, 0.5) is 0 Å². The summed E-state index contributed by atoms with van der Waals surface area (Å²) in [5, 5.41) is 10.8. The van der Waals surface area contributed by atoms with Crippen LogP contribution < -0.4 is 10.6 Å². The Morgan fingerprint density at radius 1 is 1.27 bits per heavy atom. The van der Waals surface area contributed by atoms with Crippen LogP contribution >= 0.6 is 0 Å². The molecule has 0 aliphatic carbocycles. The Morgan fingerprint density at radius 2 is 2.05 bits per heavy atom. The lowest BCUT2D eigenvalue weighted by atomic mass is 10.1. The number of rotatable bonds is 9. The minimum absolute atomic E-state index is 0.448. The minimum Gasteiger partial charge on any atom is -0.361 e. The summed E-state index contributed by atoms with van der Waals surface area (Å²) in [6.07, 6.45) is 5.87. The van der Waals surface area contributed by atoms with Crippen LogP contribution in [-0.4, -0.2) is 30.2 Å². The summed E-state index contributed by atoms with van der Waals surface area (Å²) in [7, 11) is 0. The summed E-state index contributed by atoms with van der Waals surface area (Å²) in [4.78, 5) is 4.66. The molecule has 0 fully saturated rings. The smallest absolute Gasteiger partial charge is 0.191 e. The molecule has 0 aliphatic rings. The lowest BCUT2D eigenvalue weighted by Gasteiger charge is -2.17. The van der Waals surface area contributed by atoms with Gasteiger partial charge in [0.2, 0.25) is 0 Å². The van der Waals surface area contributed by atoms with Gasteiger partial charge in [-0.3, -0.25) is 4.99 Å². The number of guanidine groups is 1. The fourth-order valence-corrected chi connectivity index (χ4v) is 2.46. The van der Waals surface area contributed by atoms with Crippen molar-refractivity contribution in [1.82, 2.24) is 15.8 Å². The number of aryl methyl sites for hydroxylation is 2. The standard InChI is InChI=1S/C17H32N4O/c1-6-8-9-10-13(3)20-17(18-7-2)19-12-11-16-14(4)21-22-15(16)5/h13H,6-12H2,1-5H3,(H2,18,19,20). The van der Waals surface area contributed by atoms with E-state index in [1.54, 1.807) is 0 Å². The molecule has 0 aromatic carbocycles. The van der Waals surface area contributed by atoms with Crippen molar-refractivity contribution in [3.8, 4) is 0 Å². The van der Waals surface area contributed by atoms with Gasteiger partial charge in [-0.15, -0.1) is 0 Å². The van der Waals surface area contributed by atoms with Crippen LogP contribution in [0.3, 0.4) is 0 Å². The van der Waals surface area contributed by atoms with E-state index in [4.69, 9.17) is 4.52 Å². The van der Waals surface area contributed by atoms with Gasteiger partial charge in [0.1, 0.15) is 5.76 Å². The molecule has 1 aromatic rings. The van der Waals surface area contributed by atoms with Gasteiger partial charge in [-0.2, -0.15) is 0 Å². The van der Waals surface area contributed by atoms with Crippen molar-refractivity contribution in [3.63, 3.8) is 0 Å². The topological polar surface area (TPSA) is 62.5 Å². The summed E-state index contributed by atoms with van der Waals surface area (Å²) >= 11 is 0. The molecular formula is C17H32N4O. The second-order valence-corrected chi connectivity index (χ2v) is 5.85. The van der Waals surface area contributed by atoms with Crippen LogP contribution in [0.5, 0.6) is 0 Å². The van der Waals surface area contributed by atoms with E-state index in [0.29, 0.717) is 6.04 Å². The molecule has 2 N–H and O–H groups in total. The minimum atomic E-state index is 0.448. The number of hydrogen-bond acceptors (Lipinski definition) is 3. The first-order valence-electron chi connectivity index (χ1n) is 8.55. The number of unbranched alkanes of at least 4 members (excludes halogenated alkanes) is 2. The van der Waals surface area contributed by atoms with Gasteiger partial charge in [0, 0.05) is 24.7 Å². The van der Waals surface area contributed by atoms with E-state index >= 15 is 0 Å². The van der Waals surface area contributed by atoms with Crippen LogP contribution in [0.2, 0.25) is 0 Å². The van der Waals surface area contributed by atoms with Crippen LogP contribution in [0.25, 0.3) is 0 Å². The lowest BCUT2D eigenvalue weighted by molar-refractivity contribution is 0.392. The number of nitrogens with one attached hydrogen (secondary N) is 2. The summed E-state index contributed by atoms with van der Waals surface area (Å²) in [5.41, 5.74) is 2.15. The second kappa shape index (κ2) is 10.2. The maximum Gasteiger partial charge on any atom is 0.191 e. The molecule has 0 aliphatic heterocycles. The first kappa shape index (κ1) is 18.5. The van der Waals surface area contributed by atoms with Gasteiger partial charge in [-0.05, 0) is 40.5 Å². The normalized spacial score (nSPS) is 13.2. The van der Waals surface area contributed by atoms with Gasteiger partial charge >= 0.3 is 0 Å². The predicted octanol–water partition coefficient (Wildman–Crippen LogP) is 3.36. The third-order valence-corrected chi connectivity index (χ3v) is 3.78. The van der Waals surface area contributed by atoms with Gasteiger partial charge < -0.3 is 15.2 Å². The average Bonchev–Trinajstić information content (AvgIpc) is 2.79. The van der Waals surface area contributed by atoms with E-state index in [-0.39, 0.29) is 0 Å². The van der Waals surface area contributed by atoms with Crippen molar-refractivity contribution in [1.29, 1.82) is 0 Å². The van der Waals surface area contributed by atoms with Gasteiger partial charge in [-0.25, -0.2) is 0 Å². The average molecular weight is 308 g/mol. The highest BCUT2D eigenvalue weighted by Crippen LogP contribution is 2.12. The van der Waals surface area contributed by atoms with E-state index < -0.39 is 0 Å². The molecule has 0 saturated heterocycles. The fraction of sp³-hybridized carbons (Fsp3) is 0.765. The van der Waals surface area contributed by atoms with Gasteiger partial charge in [0.05, 0.1) is 5.69 Å². The van der Waals surface area contributed by atoms with Crippen molar-refractivity contribution in [3.05, 3.63) is 17.0 Å². The summed E-state index contributed by atoms with van der Waals surface area (Å²) < 4.78 is 5.19. The van der Waals surface area contributed by atoms with Crippen molar-refractivity contribution in [2.24, 2.45) is 4.99 Å². The third kappa shape index (κ3) is 6.50.